The van der Waals surface area contributed by atoms with Crippen LogP contribution in [0.15, 0.2) is 18.5 Å². The third-order valence-electron chi connectivity index (χ3n) is 3.28. The predicted molar refractivity (Wildman–Crippen MR) is 66.8 cm³/mol. The Kier molecular flexibility index (Phi) is 4.25. The molecule has 1 aliphatic heterocycles. The zero-order valence-corrected chi connectivity index (χ0v) is 10.5. The first-order chi connectivity index (χ1) is 8.72. The number of likely N-dealkylation sites (tertiary alicyclic amines) is 1. The van der Waals surface area contributed by atoms with Crippen molar-refractivity contribution >= 4 is 5.91 Å². The summed E-state index contributed by atoms with van der Waals surface area (Å²) in [4.78, 5) is 17.9. The largest absolute Gasteiger partial charge is 0.334 e. The van der Waals surface area contributed by atoms with Crippen LogP contribution in [0.3, 0.4) is 0 Å². The summed E-state index contributed by atoms with van der Waals surface area (Å²) in [6, 6.07) is 1.44. The second-order valence-corrected chi connectivity index (χ2v) is 4.60. The van der Waals surface area contributed by atoms with Crippen LogP contribution in [0.25, 0.3) is 0 Å². The van der Waals surface area contributed by atoms with E-state index >= 15 is 0 Å². The van der Waals surface area contributed by atoms with Crippen molar-refractivity contribution in [3.63, 3.8) is 0 Å². The van der Waals surface area contributed by atoms with Gasteiger partial charge in [-0.3, -0.25) is 9.78 Å². The molecule has 0 aromatic carbocycles. The monoisotopic (exact) mass is 251 g/mol. The molecule has 5 heteroatoms. The van der Waals surface area contributed by atoms with Crippen molar-refractivity contribution in [1.29, 1.82) is 0 Å². The highest BCUT2D eigenvalue weighted by Gasteiger charge is 2.27. The van der Waals surface area contributed by atoms with E-state index in [2.05, 4.69) is 10.3 Å². The summed E-state index contributed by atoms with van der Waals surface area (Å²) >= 11 is 0. The van der Waals surface area contributed by atoms with Gasteiger partial charge in [0.05, 0.1) is 11.8 Å². The molecule has 1 unspecified atom stereocenters. The van der Waals surface area contributed by atoms with Gasteiger partial charge in [0.15, 0.2) is 0 Å². The Morgan fingerprint density at radius 1 is 1.56 bits per heavy atom. The number of pyridine rings is 1. The van der Waals surface area contributed by atoms with Gasteiger partial charge < -0.3 is 10.2 Å². The number of carbonyl (C=O) groups is 1. The van der Waals surface area contributed by atoms with Crippen molar-refractivity contribution < 1.29 is 9.18 Å². The summed E-state index contributed by atoms with van der Waals surface area (Å²) in [5.74, 6) is -0.593. The predicted octanol–water partition coefficient (Wildman–Crippen LogP) is 1.43. The van der Waals surface area contributed by atoms with Crippen LogP contribution in [0, 0.1) is 5.82 Å². The highest BCUT2D eigenvalue weighted by atomic mass is 19.1. The van der Waals surface area contributed by atoms with Crippen molar-refractivity contribution in [3.05, 3.63) is 29.8 Å². The van der Waals surface area contributed by atoms with E-state index in [1.54, 1.807) is 0 Å². The lowest BCUT2D eigenvalue weighted by molar-refractivity contribution is 0.0614. The van der Waals surface area contributed by atoms with Gasteiger partial charge in [0.25, 0.3) is 5.91 Å². The number of rotatable bonds is 3. The smallest absolute Gasteiger partial charge is 0.255 e. The number of piperidine rings is 1. The fourth-order valence-corrected chi connectivity index (χ4v) is 2.41. The van der Waals surface area contributed by atoms with Crippen molar-refractivity contribution in [2.24, 2.45) is 0 Å². The van der Waals surface area contributed by atoms with Gasteiger partial charge in [0.1, 0.15) is 5.82 Å². The molecule has 1 amide bonds. The van der Waals surface area contributed by atoms with Crippen LogP contribution >= 0.6 is 0 Å². The third kappa shape index (κ3) is 2.85. The zero-order chi connectivity index (χ0) is 13.0. The van der Waals surface area contributed by atoms with Gasteiger partial charge in [-0.25, -0.2) is 4.39 Å². The summed E-state index contributed by atoms with van der Waals surface area (Å²) in [5, 5.41) is 3.10. The fraction of sp³-hybridized carbons (Fsp3) is 0.538. The molecule has 1 saturated heterocycles. The maximum absolute atomic E-state index is 13.1. The zero-order valence-electron chi connectivity index (χ0n) is 10.5. The molecule has 1 aliphatic rings. The summed E-state index contributed by atoms with van der Waals surface area (Å²) in [6.45, 7) is 1.51. The third-order valence-corrected chi connectivity index (χ3v) is 3.28. The van der Waals surface area contributed by atoms with Crippen molar-refractivity contribution in [2.75, 3.05) is 20.1 Å². The minimum absolute atomic E-state index is 0.123. The van der Waals surface area contributed by atoms with Crippen molar-refractivity contribution in [1.82, 2.24) is 15.2 Å². The average molecular weight is 251 g/mol. The van der Waals surface area contributed by atoms with Crippen LogP contribution in [0.1, 0.15) is 29.6 Å². The molecule has 1 fully saturated rings. The Bertz CT molecular complexity index is 422. The summed E-state index contributed by atoms with van der Waals surface area (Å²) < 4.78 is 13.1. The molecule has 0 bridgehead atoms. The topological polar surface area (TPSA) is 45.2 Å². The number of hydrogen-bond acceptors (Lipinski definition) is 3. The summed E-state index contributed by atoms with van der Waals surface area (Å²) in [5.41, 5.74) is 0.331. The van der Waals surface area contributed by atoms with Crippen LogP contribution in [0.2, 0.25) is 0 Å². The quantitative estimate of drug-likeness (QED) is 0.884. The molecule has 18 heavy (non-hydrogen) atoms. The molecule has 2 heterocycles. The second kappa shape index (κ2) is 5.91. The van der Waals surface area contributed by atoms with E-state index in [4.69, 9.17) is 0 Å². The van der Waals surface area contributed by atoms with E-state index < -0.39 is 5.82 Å². The van der Waals surface area contributed by atoms with E-state index in [0.717, 1.165) is 38.5 Å². The number of aromatic nitrogens is 1. The standard InChI is InChI=1S/C13H18FN3O/c1-15-9-12-4-2-3-5-17(12)13(18)10-6-11(14)8-16-7-10/h6-8,12,15H,2-5,9H2,1H3. The van der Waals surface area contributed by atoms with E-state index in [0.29, 0.717) is 5.56 Å². The van der Waals surface area contributed by atoms with Crippen molar-refractivity contribution in [2.45, 2.75) is 25.3 Å². The Balaban J connectivity index is 2.15. The lowest BCUT2D eigenvalue weighted by Gasteiger charge is -2.35. The first-order valence-corrected chi connectivity index (χ1v) is 6.28. The first kappa shape index (κ1) is 13.0. The normalized spacial score (nSPS) is 19.9. The summed E-state index contributed by atoms with van der Waals surface area (Å²) in [6.07, 6.45) is 5.68. The first-order valence-electron chi connectivity index (χ1n) is 6.28. The molecule has 1 aromatic heterocycles. The molecule has 0 radical (unpaired) electrons. The van der Waals surface area contributed by atoms with Gasteiger partial charge in [-0.15, -0.1) is 0 Å². The van der Waals surface area contributed by atoms with Crippen molar-refractivity contribution in [3.8, 4) is 0 Å². The highest BCUT2D eigenvalue weighted by Crippen LogP contribution is 2.19. The molecule has 0 spiro atoms. The highest BCUT2D eigenvalue weighted by molar-refractivity contribution is 5.94. The maximum atomic E-state index is 13.1. The lowest BCUT2D eigenvalue weighted by Crippen LogP contribution is -2.48. The Morgan fingerprint density at radius 2 is 2.39 bits per heavy atom. The van der Waals surface area contributed by atoms with Crippen LogP contribution < -0.4 is 5.32 Å². The van der Waals surface area contributed by atoms with Crippen LogP contribution in [-0.2, 0) is 0 Å². The number of amides is 1. The number of nitrogens with zero attached hydrogens (tertiary/aromatic N) is 2. The van der Waals surface area contributed by atoms with Crippen LogP contribution in [0.5, 0.6) is 0 Å². The van der Waals surface area contributed by atoms with Crippen LogP contribution in [0.4, 0.5) is 4.39 Å². The fourth-order valence-electron chi connectivity index (χ4n) is 2.41. The molecule has 0 saturated carbocycles. The second-order valence-electron chi connectivity index (χ2n) is 4.60. The van der Waals surface area contributed by atoms with Gasteiger partial charge in [0.2, 0.25) is 0 Å². The van der Waals surface area contributed by atoms with Gasteiger partial charge >= 0.3 is 0 Å². The molecule has 1 aromatic rings. The molecule has 1 N–H and O–H groups in total. The Labute approximate surface area is 106 Å². The minimum atomic E-state index is -0.469. The SMILES string of the molecule is CNCC1CCCCN1C(=O)c1cncc(F)c1. The molecular weight excluding hydrogens is 233 g/mol. The Hall–Kier alpha value is -1.49. The van der Waals surface area contributed by atoms with Gasteiger partial charge in [0, 0.05) is 25.3 Å². The molecule has 1 atom stereocenters. The molecule has 4 nitrogen and oxygen atoms in total. The van der Waals surface area contributed by atoms with E-state index in [9.17, 15) is 9.18 Å². The number of nitrogens with one attached hydrogen (secondary N) is 1. The minimum Gasteiger partial charge on any atom is -0.334 e. The van der Waals surface area contributed by atoms with Gasteiger partial charge in [-0.2, -0.15) is 0 Å². The lowest BCUT2D eigenvalue weighted by atomic mass is 10.0. The number of likely N-dealkylation sites (N-methyl/N-ethyl adjacent to an activating group) is 1. The number of hydrogen-bond donors (Lipinski definition) is 1. The summed E-state index contributed by atoms with van der Waals surface area (Å²) in [7, 11) is 1.88. The van der Waals surface area contributed by atoms with Crippen LogP contribution in [-0.4, -0.2) is 42.0 Å². The molecule has 0 aliphatic carbocycles. The molecule has 2 rings (SSSR count). The van der Waals surface area contributed by atoms with E-state index in [1.165, 1.54) is 12.3 Å². The average Bonchev–Trinajstić information content (AvgIpc) is 2.39. The number of halogens is 1. The van der Waals surface area contributed by atoms with Gasteiger partial charge in [-0.1, -0.05) is 0 Å². The van der Waals surface area contributed by atoms with E-state index in [-0.39, 0.29) is 11.9 Å². The number of carbonyl (C=O) groups excluding carboxylic acids is 1. The maximum Gasteiger partial charge on any atom is 0.255 e. The van der Waals surface area contributed by atoms with E-state index in [1.807, 2.05) is 11.9 Å². The molecular formula is C13H18FN3O. The Morgan fingerprint density at radius 3 is 3.11 bits per heavy atom. The van der Waals surface area contributed by atoms with Gasteiger partial charge in [-0.05, 0) is 32.4 Å². The molecule has 98 valence electrons.